The van der Waals surface area contributed by atoms with E-state index in [4.69, 9.17) is 0 Å². The normalized spacial score (nSPS) is 12.4. The van der Waals surface area contributed by atoms with Crippen LogP contribution in [0.4, 0.5) is 0 Å². The third-order valence-electron chi connectivity index (χ3n) is 3.43. The zero-order chi connectivity index (χ0) is 15.4. The molecule has 0 spiro atoms. The van der Waals surface area contributed by atoms with Gasteiger partial charge in [-0.3, -0.25) is 4.79 Å². The molecule has 0 radical (unpaired) electrons. The van der Waals surface area contributed by atoms with Crippen LogP contribution >= 0.6 is 0 Å². The summed E-state index contributed by atoms with van der Waals surface area (Å²) < 4.78 is 0. The van der Waals surface area contributed by atoms with Crippen LogP contribution in [0, 0.1) is 19.8 Å². The van der Waals surface area contributed by atoms with Gasteiger partial charge in [-0.05, 0) is 31.9 Å². The number of rotatable bonds is 5. The van der Waals surface area contributed by atoms with Crippen LogP contribution in [0.2, 0.25) is 0 Å². The van der Waals surface area contributed by atoms with Gasteiger partial charge in [-0.2, -0.15) is 15.0 Å². The van der Waals surface area contributed by atoms with Gasteiger partial charge >= 0.3 is 0 Å². The molecule has 0 bridgehead atoms. The molecule has 0 aliphatic heterocycles. The standard InChI is InChI=1S/C16H22N4O/c1-11(2)15(10-20-17-5-6-18-20)19-16(21)14-8-12(3)7-13(4)9-14/h5-9,11,15H,10H2,1-4H3,(H,19,21). The molecule has 112 valence electrons. The van der Waals surface area contributed by atoms with E-state index in [1.54, 1.807) is 17.2 Å². The Balaban J connectivity index is 2.10. The minimum absolute atomic E-state index is 0.00859. The Labute approximate surface area is 125 Å². The van der Waals surface area contributed by atoms with E-state index in [2.05, 4.69) is 35.4 Å². The SMILES string of the molecule is Cc1cc(C)cc(C(=O)NC(Cn2nccn2)C(C)C)c1. The van der Waals surface area contributed by atoms with Crippen LogP contribution in [0.15, 0.2) is 30.6 Å². The Morgan fingerprint density at radius 2 is 1.71 bits per heavy atom. The van der Waals surface area contributed by atoms with Gasteiger partial charge in [0, 0.05) is 5.56 Å². The smallest absolute Gasteiger partial charge is 0.251 e. The summed E-state index contributed by atoms with van der Waals surface area (Å²) in [6, 6.07) is 5.87. The van der Waals surface area contributed by atoms with E-state index in [0.29, 0.717) is 18.0 Å². The second-order valence-electron chi connectivity index (χ2n) is 5.78. The third-order valence-corrected chi connectivity index (χ3v) is 3.43. The quantitative estimate of drug-likeness (QED) is 0.918. The third kappa shape index (κ3) is 4.15. The number of hydrogen-bond donors (Lipinski definition) is 1. The summed E-state index contributed by atoms with van der Waals surface area (Å²) in [7, 11) is 0. The van der Waals surface area contributed by atoms with Crippen LogP contribution in [0.5, 0.6) is 0 Å². The molecule has 0 aliphatic rings. The maximum atomic E-state index is 12.4. The lowest BCUT2D eigenvalue weighted by Crippen LogP contribution is -2.42. The summed E-state index contributed by atoms with van der Waals surface area (Å²) in [5.74, 6) is 0.249. The monoisotopic (exact) mass is 286 g/mol. The number of nitrogens with zero attached hydrogens (tertiary/aromatic N) is 3. The summed E-state index contributed by atoms with van der Waals surface area (Å²) in [5.41, 5.74) is 2.89. The number of carbonyl (C=O) groups is 1. The Morgan fingerprint density at radius 1 is 1.14 bits per heavy atom. The van der Waals surface area contributed by atoms with Gasteiger partial charge < -0.3 is 5.32 Å². The van der Waals surface area contributed by atoms with Gasteiger partial charge in [0.25, 0.3) is 5.91 Å². The second-order valence-corrected chi connectivity index (χ2v) is 5.78. The van der Waals surface area contributed by atoms with Crippen molar-refractivity contribution in [2.75, 3.05) is 0 Å². The molecule has 1 heterocycles. The summed E-state index contributed by atoms with van der Waals surface area (Å²) >= 11 is 0. The zero-order valence-corrected chi connectivity index (χ0v) is 13.0. The fourth-order valence-electron chi connectivity index (χ4n) is 2.29. The van der Waals surface area contributed by atoms with Gasteiger partial charge in [0.15, 0.2) is 0 Å². The Hall–Kier alpha value is -2.17. The number of nitrogens with one attached hydrogen (secondary N) is 1. The molecule has 1 aromatic carbocycles. The van der Waals surface area contributed by atoms with Crippen molar-refractivity contribution in [3.8, 4) is 0 Å². The van der Waals surface area contributed by atoms with Gasteiger partial charge in [-0.1, -0.05) is 31.0 Å². The average molecular weight is 286 g/mol. The molecule has 1 aromatic heterocycles. The molecule has 21 heavy (non-hydrogen) atoms. The zero-order valence-electron chi connectivity index (χ0n) is 13.0. The van der Waals surface area contributed by atoms with Gasteiger partial charge in [0.05, 0.1) is 25.0 Å². The van der Waals surface area contributed by atoms with Gasteiger partial charge in [0.2, 0.25) is 0 Å². The first-order valence-corrected chi connectivity index (χ1v) is 7.19. The molecule has 1 amide bonds. The van der Waals surface area contributed by atoms with Crippen molar-refractivity contribution in [1.29, 1.82) is 0 Å². The maximum absolute atomic E-state index is 12.4. The van der Waals surface area contributed by atoms with E-state index in [1.165, 1.54) is 0 Å². The fraction of sp³-hybridized carbons (Fsp3) is 0.438. The highest BCUT2D eigenvalue weighted by atomic mass is 16.1. The summed E-state index contributed by atoms with van der Waals surface area (Å²) in [6.45, 7) is 8.72. The van der Waals surface area contributed by atoms with Crippen molar-refractivity contribution in [2.24, 2.45) is 5.92 Å². The molecule has 0 fully saturated rings. The first-order chi connectivity index (χ1) is 9.95. The molecule has 5 heteroatoms. The number of aromatic nitrogens is 3. The van der Waals surface area contributed by atoms with Crippen molar-refractivity contribution >= 4 is 5.91 Å². The molecule has 1 atom stereocenters. The lowest BCUT2D eigenvalue weighted by Gasteiger charge is -2.22. The highest BCUT2D eigenvalue weighted by molar-refractivity contribution is 5.94. The molecule has 1 N–H and O–H groups in total. The van der Waals surface area contributed by atoms with E-state index < -0.39 is 0 Å². The predicted octanol–water partition coefficient (Wildman–Crippen LogP) is 2.35. The first-order valence-electron chi connectivity index (χ1n) is 7.19. The number of hydrogen-bond acceptors (Lipinski definition) is 3. The van der Waals surface area contributed by atoms with Gasteiger partial charge in [-0.25, -0.2) is 0 Å². The van der Waals surface area contributed by atoms with E-state index >= 15 is 0 Å². The average Bonchev–Trinajstić information content (AvgIpc) is 2.89. The molecule has 5 nitrogen and oxygen atoms in total. The molecular weight excluding hydrogens is 264 g/mol. The molecule has 2 rings (SSSR count). The molecule has 0 aliphatic carbocycles. The second kappa shape index (κ2) is 6.52. The van der Waals surface area contributed by atoms with Gasteiger partial charge in [0.1, 0.15) is 0 Å². The van der Waals surface area contributed by atoms with Crippen LogP contribution in [0.1, 0.15) is 35.3 Å². The van der Waals surface area contributed by atoms with Gasteiger partial charge in [-0.15, -0.1) is 0 Å². The van der Waals surface area contributed by atoms with E-state index in [1.807, 2.05) is 26.0 Å². The molecule has 1 unspecified atom stereocenters. The topological polar surface area (TPSA) is 59.8 Å². The highest BCUT2D eigenvalue weighted by Gasteiger charge is 2.18. The Morgan fingerprint density at radius 3 is 2.24 bits per heavy atom. The highest BCUT2D eigenvalue weighted by Crippen LogP contribution is 2.11. The van der Waals surface area contributed by atoms with Crippen LogP contribution in [-0.4, -0.2) is 26.9 Å². The van der Waals surface area contributed by atoms with E-state index in [9.17, 15) is 4.79 Å². The maximum Gasteiger partial charge on any atom is 0.251 e. The van der Waals surface area contributed by atoms with Crippen molar-refractivity contribution < 1.29 is 4.79 Å². The van der Waals surface area contributed by atoms with Crippen molar-refractivity contribution in [1.82, 2.24) is 20.3 Å². The number of amides is 1. The molecule has 0 saturated heterocycles. The van der Waals surface area contributed by atoms with E-state index in [0.717, 1.165) is 11.1 Å². The minimum atomic E-state index is -0.0485. The van der Waals surface area contributed by atoms with Crippen molar-refractivity contribution in [2.45, 2.75) is 40.3 Å². The molecule has 2 aromatic rings. The molecule has 0 saturated carbocycles. The predicted molar refractivity (Wildman–Crippen MR) is 82.0 cm³/mol. The minimum Gasteiger partial charge on any atom is -0.347 e. The summed E-state index contributed by atoms with van der Waals surface area (Å²) in [5, 5.41) is 11.3. The van der Waals surface area contributed by atoms with Crippen LogP contribution in [-0.2, 0) is 6.54 Å². The van der Waals surface area contributed by atoms with Crippen LogP contribution < -0.4 is 5.32 Å². The van der Waals surface area contributed by atoms with Crippen molar-refractivity contribution in [3.63, 3.8) is 0 Å². The summed E-state index contributed by atoms with van der Waals surface area (Å²) in [6.07, 6.45) is 3.28. The number of benzene rings is 1. The number of carbonyl (C=O) groups excluding carboxylic acids is 1. The van der Waals surface area contributed by atoms with E-state index in [-0.39, 0.29) is 11.9 Å². The molecular formula is C16H22N4O. The Bertz CT molecular complexity index is 584. The van der Waals surface area contributed by atoms with Crippen LogP contribution in [0.3, 0.4) is 0 Å². The Kier molecular flexibility index (Phi) is 4.73. The largest absolute Gasteiger partial charge is 0.347 e. The number of aryl methyl sites for hydroxylation is 2. The van der Waals surface area contributed by atoms with Crippen LogP contribution in [0.25, 0.3) is 0 Å². The summed E-state index contributed by atoms with van der Waals surface area (Å²) in [4.78, 5) is 14.0. The lowest BCUT2D eigenvalue weighted by atomic mass is 10.0. The first kappa shape index (κ1) is 15.2. The fourth-order valence-corrected chi connectivity index (χ4v) is 2.29. The lowest BCUT2D eigenvalue weighted by molar-refractivity contribution is 0.0917. The van der Waals surface area contributed by atoms with Crippen molar-refractivity contribution in [3.05, 3.63) is 47.3 Å².